The number of nitrogens with one attached hydrogen (secondary N) is 2. The van der Waals surface area contributed by atoms with Gasteiger partial charge in [0.2, 0.25) is 11.8 Å². The van der Waals surface area contributed by atoms with Gasteiger partial charge in [0.15, 0.2) is 0 Å². The first kappa shape index (κ1) is 19.3. The number of amides is 2. The molecule has 0 unspecified atom stereocenters. The molecular formula is C19H21ClN2O2S. The Bertz CT molecular complexity index is 748. The number of halogens is 1. The highest BCUT2D eigenvalue weighted by molar-refractivity contribution is 7.99. The van der Waals surface area contributed by atoms with E-state index in [1.165, 1.54) is 11.8 Å². The second-order valence-electron chi connectivity index (χ2n) is 5.60. The predicted molar refractivity (Wildman–Crippen MR) is 106 cm³/mol. The molecule has 2 rings (SSSR count). The Morgan fingerprint density at radius 3 is 2.44 bits per heavy atom. The number of rotatable bonds is 7. The summed E-state index contributed by atoms with van der Waals surface area (Å²) in [5.41, 5.74) is 3.47. The molecule has 0 heterocycles. The number of carbonyl (C=O) groups is 2. The number of hydrogen-bond donors (Lipinski definition) is 2. The van der Waals surface area contributed by atoms with E-state index < -0.39 is 0 Å². The standard InChI is InChI=1S/C19H21ClN2O2S/c1-3-18(23)21-16-9-4-13(2)17(10-16)22-19(24)12-25-11-14-5-7-15(20)8-6-14/h4-10H,3,11-12H2,1-2H3,(H,21,23)(H,22,24). The topological polar surface area (TPSA) is 58.2 Å². The monoisotopic (exact) mass is 376 g/mol. The zero-order chi connectivity index (χ0) is 18.2. The van der Waals surface area contributed by atoms with E-state index in [-0.39, 0.29) is 11.8 Å². The Kier molecular flexibility index (Phi) is 7.34. The van der Waals surface area contributed by atoms with Gasteiger partial charge in [-0.3, -0.25) is 9.59 Å². The molecule has 0 aliphatic carbocycles. The lowest BCUT2D eigenvalue weighted by atomic mass is 10.1. The number of benzene rings is 2. The third-order valence-electron chi connectivity index (χ3n) is 3.53. The van der Waals surface area contributed by atoms with Gasteiger partial charge in [-0.15, -0.1) is 11.8 Å². The summed E-state index contributed by atoms with van der Waals surface area (Å²) in [5.74, 6) is 0.977. The van der Waals surface area contributed by atoms with E-state index in [4.69, 9.17) is 11.6 Å². The molecule has 6 heteroatoms. The van der Waals surface area contributed by atoms with Crippen molar-refractivity contribution in [3.05, 3.63) is 58.6 Å². The van der Waals surface area contributed by atoms with Crippen LogP contribution in [0.4, 0.5) is 11.4 Å². The molecule has 0 aromatic heterocycles. The van der Waals surface area contributed by atoms with Crippen molar-refractivity contribution in [3.8, 4) is 0 Å². The molecule has 0 fully saturated rings. The van der Waals surface area contributed by atoms with Gasteiger partial charge in [0, 0.05) is 28.6 Å². The number of aryl methyl sites for hydroxylation is 1. The molecule has 0 saturated heterocycles. The SMILES string of the molecule is CCC(=O)Nc1ccc(C)c(NC(=O)CSCc2ccc(Cl)cc2)c1. The molecule has 25 heavy (non-hydrogen) atoms. The zero-order valence-corrected chi connectivity index (χ0v) is 15.8. The predicted octanol–water partition coefficient (Wildman–Crippen LogP) is 4.87. The number of hydrogen-bond acceptors (Lipinski definition) is 3. The summed E-state index contributed by atoms with van der Waals surface area (Å²) < 4.78 is 0. The van der Waals surface area contributed by atoms with Crippen LogP contribution in [0.3, 0.4) is 0 Å². The van der Waals surface area contributed by atoms with Crippen LogP contribution in [0.15, 0.2) is 42.5 Å². The largest absolute Gasteiger partial charge is 0.326 e. The zero-order valence-electron chi connectivity index (χ0n) is 14.3. The summed E-state index contributed by atoms with van der Waals surface area (Å²) in [5, 5.41) is 6.41. The Labute approximate surface area is 157 Å². The van der Waals surface area contributed by atoms with Crippen molar-refractivity contribution in [2.24, 2.45) is 0 Å². The second-order valence-corrected chi connectivity index (χ2v) is 7.02. The van der Waals surface area contributed by atoms with E-state index in [1.807, 2.05) is 43.3 Å². The van der Waals surface area contributed by atoms with Gasteiger partial charge >= 0.3 is 0 Å². The molecule has 0 saturated carbocycles. The molecule has 0 aliphatic rings. The molecule has 2 amide bonds. The minimum atomic E-state index is -0.0685. The van der Waals surface area contributed by atoms with Crippen molar-refractivity contribution >= 4 is 46.6 Å². The van der Waals surface area contributed by atoms with E-state index in [0.717, 1.165) is 16.9 Å². The highest BCUT2D eigenvalue weighted by Gasteiger charge is 2.07. The maximum atomic E-state index is 12.2. The molecule has 4 nitrogen and oxygen atoms in total. The average Bonchev–Trinajstić information content (AvgIpc) is 2.59. The van der Waals surface area contributed by atoms with Crippen molar-refractivity contribution < 1.29 is 9.59 Å². The molecule has 2 aromatic rings. The van der Waals surface area contributed by atoms with Crippen molar-refractivity contribution in [3.63, 3.8) is 0 Å². The summed E-state index contributed by atoms with van der Waals surface area (Å²) in [6.45, 7) is 3.71. The van der Waals surface area contributed by atoms with Crippen LogP contribution < -0.4 is 10.6 Å². The van der Waals surface area contributed by atoms with E-state index >= 15 is 0 Å². The van der Waals surface area contributed by atoms with Crippen molar-refractivity contribution in [1.29, 1.82) is 0 Å². The normalized spacial score (nSPS) is 10.4. The van der Waals surface area contributed by atoms with Crippen LogP contribution >= 0.6 is 23.4 Å². The molecule has 0 spiro atoms. The summed E-state index contributed by atoms with van der Waals surface area (Å²) in [6.07, 6.45) is 0.414. The highest BCUT2D eigenvalue weighted by Crippen LogP contribution is 2.21. The van der Waals surface area contributed by atoms with E-state index in [0.29, 0.717) is 28.6 Å². The number of carbonyl (C=O) groups excluding carboxylic acids is 2. The Morgan fingerprint density at radius 2 is 1.76 bits per heavy atom. The fraction of sp³-hybridized carbons (Fsp3) is 0.263. The smallest absolute Gasteiger partial charge is 0.234 e. The number of anilines is 2. The third-order valence-corrected chi connectivity index (χ3v) is 4.79. The minimum absolute atomic E-state index is 0.0559. The van der Waals surface area contributed by atoms with Gasteiger partial charge in [-0.2, -0.15) is 0 Å². The molecule has 132 valence electrons. The average molecular weight is 377 g/mol. The molecule has 0 bridgehead atoms. The lowest BCUT2D eigenvalue weighted by molar-refractivity contribution is -0.116. The van der Waals surface area contributed by atoms with Crippen LogP contribution in [0.5, 0.6) is 0 Å². The lowest BCUT2D eigenvalue weighted by Gasteiger charge is -2.11. The Hall–Kier alpha value is -1.98. The first-order chi connectivity index (χ1) is 12.0. The van der Waals surface area contributed by atoms with Crippen molar-refractivity contribution in [2.75, 3.05) is 16.4 Å². The van der Waals surface area contributed by atoms with Crippen LogP contribution in [0.2, 0.25) is 5.02 Å². The fourth-order valence-electron chi connectivity index (χ4n) is 2.11. The molecule has 0 aliphatic heterocycles. The summed E-state index contributed by atoms with van der Waals surface area (Å²) in [6, 6.07) is 13.1. The first-order valence-electron chi connectivity index (χ1n) is 8.00. The Morgan fingerprint density at radius 1 is 1.04 bits per heavy atom. The first-order valence-corrected chi connectivity index (χ1v) is 9.53. The lowest BCUT2D eigenvalue weighted by Crippen LogP contribution is -2.16. The quantitative estimate of drug-likeness (QED) is 0.724. The molecule has 0 radical (unpaired) electrons. The summed E-state index contributed by atoms with van der Waals surface area (Å²) in [7, 11) is 0. The second kappa shape index (κ2) is 9.49. The third kappa shape index (κ3) is 6.44. The summed E-state index contributed by atoms with van der Waals surface area (Å²) >= 11 is 7.40. The van der Waals surface area contributed by atoms with Crippen molar-refractivity contribution in [2.45, 2.75) is 26.0 Å². The van der Waals surface area contributed by atoms with Crippen LogP contribution in [0.25, 0.3) is 0 Å². The maximum Gasteiger partial charge on any atom is 0.234 e. The molecule has 0 atom stereocenters. The van der Waals surface area contributed by atoms with Gasteiger partial charge < -0.3 is 10.6 Å². The van der Waals surface area contributed by atoms with Gasteiger partial charge in [0.25, 0.3) is 0 Å². The van der Waals surface area contributed by atoms with Gasteiger partial charge in [-0.1, -0.05) is 36.7 Å². The summed E-state index contributed by atoms with van der Waals surface area (Å²) in [4.78, 5) is 23.6. The molecular weight excluding hydrogens is 356 g/mol. The minimum Gasteiger partial charge on any atom is -0.326 e. The highest BCUT2D eigenvalue weighted by atomic mass is 35.5. The fourth-order valence-corrected chi connectivity index (χ4v) is 3.03. The van der Waals surface area contributed by atoms with Crippen LogP contribution in [-0.4, -0.2) is 17.6 Å². The van der Waals surface area contributed by atoms with E-state index in [9.17, 15) is 9.59 Å². The maximum absolute atomic E-state index is 12.2. The molecule has 2 aromatic carbocycles. The Balaban J connectivity index is 1.87. The van der Waals surface area contributed by atoms with Gasteiger partial charge in [0.1, 0.15) is 0 Å². The van der Waals surface area contributed by atoms with Crippen LogP contribution in [-0.2, 0) is 15.3 Å². The number of thioether (sulfide) groups is 1. The molecule has 2 N–H and O–H groups in total. The van der Waals surface area contributed by atoms with Crippen LogP contribution in [0, 0.1) is 6.92 Å². The van der Waals surface area contributed by atoms with Gasteiger partial charge in [-0.25, -0.2) is 0 Å². The van der Waals surface area contributed by atoms with Gasteiger partial charge in [0.05, 0.1) is 5.75 Å². The van der Waals surface area contributed by atoms with Crippen molar-refractivity contribution in [1.82, 2.24) is 0 Å². The van der Waals surface area contributed by atoms with Gasteiger partial charge in [-0.05, 0) is 42.3 Å². The van der Waals surface area contributed by atoms with Crippen LogP contribution in [0.1, 0.15) is 24.5 Å². The van der Waals surface area contributed by atoms with E-state index in [2.05, 4.69) is 10.6 Å². The van der Waals surface area contributed by atoms with E-state index in [1.54, 1.807) is 13.0 Å².